The molecule has 3 aromatic heterocycles. The second kappa shape index (κ2) is 8.00. The van der Waals surface area contributed by atoms with Crippen LogP contribution in [0.4, 0.5) is 11.5 Å². The first-order chi connectivity index (χ1) is 14.3. The Labute approximate surface area is 169 Å². The molecule has 8 heteroatoms. The minimum absolute atomic E-state index is 0.561. The van der Waals surface area contributed by atoms with Crippen LogP contribution in [0, 0.1) is 0 Å². The van der Waals surface area contributed by atoms with Crippen molar-refractivity contribution in [2.45, 2.75) is 25.8 Å². The van der Waals surface area contributed by atoms with E-state index in [-0.39, 0.29) is 0 Å². The van der Waals surface area contributed by atoms with Gasteiger partial charge in [0.15, 0.2) is 0 Å². The molecule has 1 fully saturated rings. The van der Waals surface area contributed by atoms with Gasteiger partial charge in [-0.15, -0.1) is 0 Å². The molecule has 1 aliphatic heterocycles. The number of nitrogens with zero attached hydrogens (tertiary/aromatic N) is 7. The second-order valence-corrected chi connectivity index (χ2v) is 7.38. The molecule has 0 saturated carbocycles. The van der Waals surface area contributed by atoms with Crippen LogP contribution in [-0.2, 0) is 6.54 Å². The molecular formula is C21H24N8. The van der Waals surface area contributed by atoms with Crippen LogP contribution in [0.15, 0.2) is 55.1 Å². The fourth-order valence-electron chi connectivity index (χ4n) is 3.78. The lowest BCUT2D eigenvalue weighted by molar-refractivity contribution is 0.218. The highest BCUT2D eigenvalue weighted by Crippen LogP contribution is 2.23. The van der Waals surface area contributed by atoms with E-state index in [0.29, 0.717) is 5.78 Å². The van der Waals surface area contributed by atoms with E-state index in [0.717, 1.165) is 35.9 Å². The number of hydrogen-bond donors (Lipinski definition) is 1. The third-order valence-corrected chi connectivity index (χ3v) is 5.32. The van der Waals surface area contributed by atoms with E-state index in [4.69, 9.17) is 0 Å². The molecular weight excluding hydrogens is 364 g/mol. The highest BCUT2D eigenvalue weighted by atomic mass is 15.4. The van der Waals surface area contributed by atoms with Crippen LogP contribution in [0.1, 0.15) is 19.3 Å². The molecule has 1 aromatic carbocycles. The second-order valence-electron chi connectivity index (χ2n) is 7.38. The van der Waals surface area contributed by atoms with Gasteiger partial charge in [0, 0.05) is 24.4 Å². The number of piperidine rings is 1. The monoisotopic (exact) mass is 388 g/mol. The molecule has 148 valence electrons. The summed E-state index contributed by atoms with van der Waals surface area (Å²) in [6.45, 7) is 4.35. The summed E-state index contributed by atoms with van der Waals surface area (Å²) in [5.74, 6) is 1.37. The zero-order valence-electron chi connectivity index (χ0n) is 16.3. The van der Waals surface area contributed by atoms with Crippen LogP contribution in [0.2, 0.25) is 0 Å². The number of benzene rings is 1. The fourth-order valence-corrected chi connectivity index (χ4v) is 3.78. The zero-order valence-corrected chi connectivity index (χ0v) is 16.3. The van der Waals surface area contributed by atoms with E-state index in [2.05, 4.69) is 30.4 Å². The van der Waals surface area contributed by atoms with Gasteiger partial charge in [0.2, 0.25) is 0 Å². The molecule has 4 aromatic rings. The van der Waals surface area contributed by atoms with Crippen molar-refractivity contribution < 1.29 is 0 Å². The van der Waals surface area contributed by atoms with Crippen LogP contribution >= 0.6 is 0 Å². The van der Waals surface area contributed by atoms with Crippen LogP contribution in [-0.4, -0.2) is 53.9 Å². The Hall–Kier alpha value is -3.26. The van der Waals surface area contributed by atoms with Gasteiger partial charge in [-0.3, -0.25) is 4.68 Å². The molecule has 8 nitrogen and oxygen atoms in total. The number of rotatable bonds is 6. The van der Waals surface area contributed by atoms with Crippen molar-refractivity contribution in [1.29, 1.82) is 0 Å². The van der Waals surface area contributed by atoms with E-state index in [9.17, 15) is 0 Å². The number of fused-ring (bicyclic) bond motifs is 1. The number of aromatic nitrogens is 6. The van der Waals surface area contributed by atoms with Crippen molar-refractivity contribution in [1.82, 2.24) is 34.3 Å². The van der Waals surface area contributed by atoms with Gasteiger partial charge < -0.3 is 10.2 Å². The van der Waals surface area contributed by atoms with Crippen molar-refractivity contribution in [2.75, 3.05) is 25.0 Å². The molecule has 1 aliphatic rings. The van der Waals surface area contributed by atoms with Gasteiger partial charge in [-0.2, -0.15) is 19.7 Å². The predicted molar refractivity (Wildman–Crippen MR) is 112 cm³/mol. The Kier molecular flexibility index (Phi) is 4.92. The lowest BCUT2D eigenvalue weighted by Crippen LogP contribution is -2.32. The third kappa shape index (κ3) is 3.97. The molecule has 29 heavy (non-hydrogen) atoms. The number of anilines is 2. The topological polar surface area (TPSA) is 76.2 Å². The molecule has 0 atom stereocenters. The largest absolute Gasteiger partial charge is 0.337 e. The van der Waals surface area contributed by atoms with Gasteiger partial charge in [0.1, 0.15) is 12.1 Å². The summed E-state index contributed by atoms with van der Waals surface area (Å²) in [4.78, 5) is 11.4. The molecule has 1 saturated heterocycles. The van der Waals surface area contributed by atoms with E-state index in [1.165, 1.54) is 38.7 Å². The first kappa shape index (κ1) is 17.8. The van der Waals surface area contributed by atoms with Crippen LogP contribution in [0.5, 0.6) is 0 Å². The first-order valence-electron chi connectivity index (χ1n) is 10.1. The maximum atomic E-state index is 4.62. The van der Waals surface area contributed by atoms with Gasteiger partial charge in [-0.05, 0) is 25.9 Å². The first-order valence-corrected chi connectivity index (χ1v) is 10.1. The number of likely N-dealkylation sites (tertiary alicyclic amines) is 1. The van der Waals surface area contributed by atoms with E-state index in [1.807, 2.05) is 53.5 Å². The quantitative estimate of drug-likeness (QED) is 0.547. The van der Waals surface area contributed by atoms with Crippen LogP contribution in [0.25, 0.3) is 17.0 Å². The predicted octanol–water partition coefficient (Wildman–Crippen LogP) is 3.22. The van der Waals surface area contributed by atoms with Crippen molar-refractivity contribution in [3.05, 3.63) is 55.1 Å². The summed E-state index contributed by atoms with van der Waals surface area (Å²) >= 11 is 0. The summed E-state index contributed by atoms with van der Waals surface area (Å²) in [5, 5.41) is 12.2. The molecule has 5 rings (SSSR count). The van der Waals surface area contributed by atoms with Gasteiger partial charge >= 0.3 is 0 Å². The summed E-state index contributed by atoms with van der Waals surface area (Å²) < 4.78 is 3.70. The molecule has 0 amide bonds. The zero-order chi connectivity index (χ0) is 19.5. The van der Waals surface area contributed by atoms with Crippen molar-refractivity contribution >= 4 is 17.3 Å². The molecule has 0 aliphatic carbocycles. The van der Waals surface area contributed by atoms with Gasteiger partial charge in [0.05, 0.1) is 24.1 Å². The Morgan fingerprint density at radius 3 is 2.69 bits per heavy atom. The van der Waals surface area contributed by atoms with Crippen molar-refractivity contribution in [3.8, 4) is 11.3 Å². The Balaban J connectivity index is 1.35. The molecule has 1 N–H and O–H groups in total. The number of nitrogens with one attached hydrogen (secondary N) is 1. The van der Waals surface area contributed by atoms with Crippen molar-refractivity contribution in [3.63, 3.8) is 0 Å². The Morgan fingerprint density at radius 1 is 0.966 bits per heavy atom. The molecule has 0 unspecified atom stereocenters. The maximum Gasteiger partial charge on any atom is 0.254 e. The smallest absolute Gasteiger partial charge is 0.254 e. The highest BCUT2D eigenvalue weighted by molar-refractivity contribution is 5.67. The van der Waals surface area contributed by atoms with Crippen LogP contribution < -0.4 is 5.32 Å². The third-order valence-electron chi connectivity index (χ3n) is 5.32. The lowest BCUT2D eigenvalue weighted by atomic mass is 10.1. The lowest BCUT2D eigenvalue weighted by Gasteiger charge is -2.26. The molecule has 0 radical (unpaired) electrons. The van der Waals surface area contributed by atoms with Gasteiger partial charge in [-0.25, -0.2) is 4.98 Å². The summed E-state index contributed by atoms with van der Waals surface area (Å²) in [6, 6.07) is 12.1. The average Bonchev–Trinajstić information content (AvgIpc) is 3.43. The fraction of sp³-hybridized carbons (Fsp3) is 0.333. The molecule has 0 bridgehead atoms. The minimum Gasteiger partial charge on any atom is -0.337 e. The Bertz CT molecular complexity index is 1080. The maximum absolute atomic E-state index is 4.62. The SMILES string of the molecule is c1ccc(-c2cc(Nc3cnn(CCN4CCCCC4)c3)n3ncnc3n2)cc1. The van der Waals surface area contributed by atoms with E-state index >= 15 is 0 Å². The number of hydrogen-bond acceptors (Lipinski definition) is 6. The average molecular weight is 388 g/mol. The van der Waals surface area contributed by atoms with Gasteiger partial charge in [-0.1, -0.05) is 36.8 Å². The van der Waals surface area contributed by atoms with Crippen LogP contribution in [0.3, 0.4) is 0 Å². The normalized spacial score (nSPS) is 15.0. The van der Waals surface area contributed by atoms with Crippen molar-refractivity contribution in [2.24, 2.45) is 0 Å². The minimum atomic E-state index is 0.561. The van der Waals surface area contributed by atoms with E-state index in [1.54, 1.807) is 4.52 Å². The van der Waals surface area contributed by atoms with E-state index < -0.39 is 0 Å². The van der Waals surface area contributed by atoms with Gasteiger partial charge in [0.25, 0.3) is 5.78 Å². The molecule has 4 heterocycles. The summed E-state index contributed by atoms with van der Waals surface area (Å²) in [5.41, 5.74) is 2.81. The highest BCUT2D eigenvalue weighted by Gasteiger charge is 2.12. The standard InChI is InChI=1S/C21H24N8/c1-3-7-17(8-4-1)19-13-20(29-21(26-19)22-16-24-29)25-18-14-23-28(15-18)12-11-27-9-5-2-6-10-27/h1,3-4,7-8,13-16,25H,2,5-6,9-12H2. The Morgan fingerprint density at radius 2 is 1.83 bits per heavy atom. The molecule has 0 spiro atoms. The summed E-state index contributed by atoms with van der Waals surface area (Å²) in [6.07, 6.45) is 9.39. The summed E-state index contributed by atoms with van der Waals surface area (Å²) in [7, 11) is 0.